The molecule has 1 aliphatic heterocycles. The molecule has 0 aliphatic carbocycles. The summed E-state index contributed by atoms with van der Waals surface area (Å²) in [5, 5.41) is 9.23. The minimum Gasteiger partial charge on any atom is -0.354 e. The van der Waals surface area contributed by atoms with E-state index in [1.807, 2.05) is 13.0 Å². The molecule has 0 amide bonds. The van der Waals surface area contributed by atoms with Crippen molar-refractivity contribution in [2.75, 3.05) is 38.1 Å². The Morgan fingerprint density at radius 3 is 2.88 bits per heavy atom. The molecule has 4 nitrogen and oxygen atoms in total. The van der Waals surface area contributed by atoms with E-state index in [1.165, 1.54) is 0 Å². The number of aryl methyl sites for hydroxylation is 1. The minimum absolute atomic E-state index is 0.719. The summed E-state index contributed by atoms with van der Waals surface area (Å²) in [7, 11) is 2.14. The van der Waals surface area contributed by atoms with Crippen LogP contribution < -0.4 is 4.90 Å². The molecule has 2 heterocycles. The summed E-state index contributed by atoms with van der Waals surface area (Å²) in [5.74, 6) is 0.850. The number of pyridine rings is 1. The molecule has 0 bridgehead atoms. The van der Waals surface area contributed by atoms with Crippen molar-refractivity contribution in [3.8, 4) is 6.07 Å². The smallest absolute Gasteiger partial charge is 0.146 e. The van der Waals surface area contributed by atoms with E-state index in [0.717, 1.165) is 49.5 Å². The minimum atomic E-state index is 0.719. The quantitative estimate of drug-likeness (QED) is 0.731. The van der Waals surface area contributed by atoms with E-state index in [0.29, 0.717) is 0 Å². The fourth-order valence-corrected chi connectivity index (χ4v) is 2.18. The van der Waals surface area contributed by atoms with Crippen molar-refractivity contribution in [3.63, 3.8) is 0 Å². The van der Waals surface area contributed by atoms with E-state index in [1.54, 1.807) is 6.20 Å². The average molecular weight is 230 g/mol. The summed E-state index contributed by atoms with van der Waals surface area (Å²) in [5.41, 5.74) is 1.73. The van der Waals surface area contributed by atoms with Crippen LogP contribution in [-0.2, 0) is 0 Å². The van der Waals surface area contributed by atoms with Crippen LogP contribution in [0.25, 0.3) is 0 Å². The molecule has 0 unspecified atom stereocenters. The van der Waals surface area contributed by atoms with Crippen LogP contribution in [0.2, 0.25) is 0 Å². The third-order valence-corrected chi connectivity index (χ3v) is 3.27. The number of anilines is 1. The molecule has 0 aromatic carbocycles. The number of likely N-dealkylation sites (N-methyl/N-ethyl adjacent to an activating group) is 1. The van der Waals surface area contributed by atoms with Gasteiger partial charge in [-0.05, 0) is 38.6 Å². The molecule has 2 rings (SSSR count). The topological polar surface area (TPSA) is 43.2 Å². The van der Waals surface area contributed by atoms with Gasteiger partial charge in [-0.25, -0.2) is 4.98 Å². The van der Waals surface area contributed by atoms with Crippen molar-refractivity contribution in [3.05, 3.63) is 23.4 Å². The average Bonchev–Trinajstić information content (AvgIpc) is 2.54. The van der Waals surface area contributed by atoms with Gasteiger partial charge >= 0.3 is 0 Å². The van der Waals surface area contributed by atoms with Crippen molar-refractivity contribution < 1.29 is 0 Å². The molecule has 1 fully saturated rings. The van der Waals surface area contributed by atoms with Crippen LogP contribution in [0.1, 0.15) is 17.5 Å². The first-order valence-electron chi connectivity index (χ1n) is 6.01. The lowest BCUT2D eigenvalue weighted by Gasteiger charge is -2.23. The third-order valence-electron chi connectivity index (χ3n) is 3.27. The van der Waals surface area contributed by atoms with E-state index in [9.17, 15) is 5.26 Å². The normalized spacial score (nSPS) is 17.6. The molecule has 0 saturated carbocycles. The SMILES string of the molecule is Cc1ccnc(N2CCCN(C)CC2)c1C#N. The monoisotopic (exact) mass is 230 g/mol. The van der Waals surface area contributed by atoms with E-state index in [4.69, 9.17) is 0 Å². The number of nitrogens with zero attached hydrogens (tertiary/aromatic N) is 4. The summed E-state index contributed by atoms with van der Waals surface area (Å²) in [4.78, 5) is 8.94. The van der Waals surface area contributed by atoms with E-state index in [2.05, 4.69) is 27.9 Å². The van der Waals surface area contributed by atoms with E-state index in [-0.39, 0.29) is 0 Å². The fraction of sp³-hybridized carbons (Fsp3) is 0.538. The van der Waals surface area contributed by atoms with Crippen LogP contribution >= 0.6 is 0 Å². The zero-order valence-corrected chi connectivity index (χ0v) is 10.5. The Bertz CT molecular complexity index is 436. The second-order valence-electron chi connectivity index (χ2n) is 4.58. The van der Waals surface area contributed by atoms with Gasteiger partial charge in [0.05, 0.1) is 5.56 Å². The molecule has 0 spiro atoms. The van der Waals surface area contributed by atoms with Crippen molar-refractivity contribution in [1.29, 1.82) is 5.26 Å². The molecule has 0 atom stereocenters. The van der Waals surface area contributed by atoms with Crippen molar-refractivity contribution in [2.24, 2.45) is 0 Å². The zero-order valence-electron chi connectivity index (χ0n) is 10.5. The lowest BCUT2D eigenvalue weighted by molar-refractivity contribution is 0.360. The Morgan fingerprint density at radius 2 is 2.12 bits per heavy atom. The van der Waals surface area contributed by atoms with Crippen LogP contribution in [0.4, 0.5) is 5.82 Å². The lowest BCUT2D eigenvalue weighted by Crippen LogP contribution is -2.30. The predicted octanol–water partition coefficient (Wildman–Crippen LogP) is 1.40. The summed E-state index contributed by atoms with van der Waals surface area (Å²) in [6, 6.07) is 4.17. The van der Waals surface area contributed by atoms with Gasteiger partial charge in [-0.15, -0.1) is 0 Å². The maximum atomic E-state index is 9.23. The van der Waals surface area contributed by atoms with E-state index < -0.39 is 0 Å². The van der Waals surface area contributed by atoms with Gasteiger partial charge in [-0.2, -0.15) is 5.26 Å². The van der Waals surface area contributed by atoms with Gasteiger partial charge in [0.15, 0.2) is 0 Å². The van der Waals surface area contributed by atoms with Crippen molar-refractivity contribution in [2.45, 2.75) is 13.3 Å². The highest BCUT2D eigenvalue weighted by molar-refractivity contribution is 5.57. The number of rotatable bonds is 1. The van der Waals surface area contributed by atoms with Crippen LogP contribution in [0.15, 0.2) is 12.3 Å². The predicted molar refractivity (Wildman–Crippen MR) is 68.0 cm³/mol. The molecular formula is C13H18N4. The number of aromatic nitrogens is 1. The second-order valence-corrected chi connectivity index (χ2v) is 4.58. The Kier molecular flexibility index (Phi) is 3.60. The Balaban J connectivity index is 2.28. The van der Waals surface area contributed by atoms with Crippen molar-refractivity contribution in [1.82, 2.24) is 9.88 Å². The maximum absolute atomic E-state index is 9.23. The first-order valence-corrected chi connectivity index (χ1v) is 6.01. The van der Waals surface area contributed by atoms with Crippen LogP contribution in [0.5, 0.6) is 0 Å². The summed E-state index contributed by atoms with van der Waals surface area (Å²) < 4.78 is 0. The van der Waals surface area contributed by atoms with Gasteiger partial charge < -0.3 is 9.80 Å². The summed E-state index contributed by atoms with van der Waals surface area (Å²) in [6.45, 7) is 6.04. The number of nitriles is 1. The largest absolute Gasteiger partial charge is 0.354 e. The van der Waals surface area contributed by atoms with Crippen LogP contribution in [0.3, 0.4) is 0 Å². The van der Waals surface area contributed by atoms with Crippen LogP contribution in [-0.4, -0.2) is 43.1 Å². The van der Waals surface area contributed by atoms with Gasteiger partial charge in [0, 0.05) is 25.8 Å². The fourth-order valence-electron chi connectivity index (χ4n) is 2.18. The Hall–Kier alpha value is -1.60. The first kappa shape index (κ1) is 11.9. The molecule has 0 radical (unpaired) electrons. The van der Waals surface area contributed by atoms with Crippen molar-refractivity contribution >= 4 is 5.82 Å². The summed E-state index contributed by atoms with van der Waals surface area (Å²) >= 11 is 0. The molecule has 1 aromatic rings. The van der Waals surface area contributed by atoms with Gasteiger partial charge in [-0.3, -0.25) is 0 Å². The molecule has 90 valence electrons. The molecular weight excluding hydrogens is 212 g/mol. The lowest BCUT2D eigenvalue weighted by atomic mass is 10.1. The van der Waals surface area contributed by atoms with Crippen LogP contribution in [0, 0.1) is 18.3 Å². The summed E-state index contributed by atoms with van der Waals surface area (Å²) in [6.07, 6.45) is 2.91. The second kappa shape index (κ2) is 5.15. The molecule has 1 aliphatic rings. The highest BCUT2D eigenvalue weighted by Crippen LogP contribution is 2.20. The number of hydrogen-bond acceptors (Lipinski definition) is 4. The van der Waals surface area contributed by atoms with Gasteiger partial charge in [0.2, 0.25) is 0 Å². The molecule has 1 aromatic heterocycles. The van der Waals surface area contributed by atoms with Gasteiger partial charge in [-0.1, -0.05) is 0 Å². The first-order chi connectivity index (χ1) is 8.22. The number of hydrogen-bond donors (Lipinski definition) is 0. The third kappa shape index (κ3) is 2.56. The van der Waals surface area contributed by atoms with Gasteiger partial charge in [0.25, 0.3) is 0 Å². The van der Waals surface area contributed by atoms with E-state index >= 15 is 0 Å². The zero-order chi connectivity index (χ0) is 12.3. The molecule has 4 heteroatoms. The Labute approximate surface area is 102 Å². The van der Waals surface area contributed by atoms with Gasteiger partial charge in [0.1, 0.15) is 11.9 Å². The highest BCUT2D eigenvalue weighted by Gasteiger charge is 2.17. The molecule has 17 heavy (non-hydrogen) atoms. The molecule has 0 N–H and O–H groups in total. The maximum Gasteiger partial charge on any atom is 0.146 e. The Morgan fingerprint density at radius 1 is 1.29 bits per heavy atom. The molecule has 1 saturated heterocycles. The standard InChI is InChI=1S/C13H18N4/c1-11-4-5-15-13(12(11)10-14)17-7-3-6-16(2)8-9-17/h4-5H,3,6-9H2,1-2H3. The highest BCUT2D eigenvalue weighted by atomic mass is 15.2.